The zero-order chi connectivity index (χ0) is 14.9. The van der Waals surface area contributed by atoms with Gasteiger partial charge in [0.2, 0.25) is 10.0 Å². The third-order valence-corrected chi connectivity index (χ3v) is 7.04. The fourth-order valence-corrected chi connectivity index (χ4v) is 5.54. The third-order valence-electron chi connectivity index (χ3n) is 3.40. The SMILES string of the molecule is Cc1c(F)cc(CCl)cc1S(=O)(=O)N1CCSCC1C. The Morgan fingerprint density at radius 2 is 2.20 bits per heavy atom. The van der Waals surface area contributed by atoms with Crippen molar-refractivity contribution in [3.63, 3.8) is 0 Å². The van der Waals surface area contributed by atoms with Crippen LogP contribution in [-0.4, -0.2) is 36.8 Å². The summed E-state index contributed by atoms with van der Waals surface area (Å²) in [6.07, 6.45) is 0. The van der Waals surface area contributed by atoms with E-state index >= 15 is 0 Å². The molecular formula is C13H17ClFNO2S2. The van der Waals surface area contributed by atoms with Crippen molar-refractivity contribution in [1.29, 1.82) is 0 Å². The summed E-state index contributed by atoms with van der Waals surface area (Å²) >= 11 is 7.44. The normalized spacial score (nSPS) is 21.1. The van der Waals surface area contributed by atoms with Gasteiger partial charge < -0.3 is 0 Å². The zero-order valence-corrected chi connectivity index (χ0v) is 13.8. The Morgan fingerprint density at radius 1 is 1.50 bits per heavy atom. The van der Waals surface area contributed by atoms with Crippen LogP contribution < -0.4 is 0 Å². The number of hydrogen-bond acceptors (Lipinski definition) is 3. The smallest absolute Gasteiger partial charge is 0.207 e. The predicted octanol–water partition coefficient (Wildman–Crippen LogP) is 3.00. The Morgan fingerprint density at radius 3 is 2.80 bits per heavy atom. The summed E-state index contributed by atoms with van der Waals surface area (Å²) in [6.45, 7) is 3.82. The van der Waals surface area contributed by atoms with E-state index < -0.39 is 15.8 Å². The molecule has 0 amide bonds. The molecule has 1 fully saturated rings. The summed E-state index contributed by atoms with van der Waals surface area (Å²) in [7, 11) is -3.68. The maximum Gasteiger partial charge on any atom is 0.243 e. The van der Waals surface area contributed by atoms with Gasteiger partial charge in [0.25, 0.3) is 0 Å². The van der Waals surface area contributed by atoms with Gasteiger partial charge in [-0.2, -0.15) is 16.1 Å². The largest absolute Gasteiger partial charge is 0.243 e. The first kappa shape index (κ1) is 16.1. The van der Waals surface area contributed by atoms with E-state index in [4.69, 9.17) is 11.6 Å². The molecule has 0 aliphatic carbocycles. The molecule has 0 aromatic heterocycles. The molecule has 0 bridgehead atoms. The van der Waals surface area contributed by atoms with E-state index in [1.54, 1.807) is 11.8 Å². The molecule has 112 valence electrons. The van der Waals surface area contributed by atoms with E-state index in [-0.39, 0.29) is 22.4 Å². The van der Waals surface area contributed by atoms with Gasteiger partial charge in [0.1, 0.15) is 5.82 Å². The van der Waals surface area contributed by atoms with Crippen molar-refractivity contribution in [2.45, 2.75) is 30.7 Å². The molecule has 1 aliphatic rings. The predicted molar refractivity (Wildman–Crippen MR) is 81.4 cm³/mol. The Balaban J connectivity index is 2.51. The van der Waals surface area contributed by atoms with Gasteiger partial charge in [-0.25, -0.2) is 12.8 Å². The van der Waals surface area contributed by atoms with Crippen LogP contribution in [0.4, 0.5) is 4.39 Å². The van der Waals surface area contributed by atoms with E-state index in [0.29, 0.717) is 12.1 Å². The molecule has 3 nitrogen and oxygen atoms in total. The fraction of sp³-hybridized carbons (Fsp3) is 0.538. The van der Waals surface area contributed by atoms with Crippen LogP contribution >= 0.6 is 23.4 Å². The Kier molecular flexibility index (Phi) is 5.00. The highest BCUT2D eigenvalue weighted by Gasteiger charge is 2.33. The summed E-state index contributed by atoms with van der Waals surface area (Å²) < 4.78 is 40.8. The molecule has 2 rings (SSSR count). The minimum atomic E-state index is -3.68. The van der Waals surface area contributed by atoms with E-state index in [9.17, 15) is 12.8 Å². The molecule has 1 saturated heterocycles. The number of thioether (sulfide) groups is 1. The number of sulfonamides is 1. The van der Waals surface area contributed by atoms with Crippen LogP contribution in [0.25, 0.3) is 0 Å². The van der Waals surface area contributed by atoms with Crippen molar-refractivity contribution >= 4 is 33.4 Å². The highest BCUT2D eigenvalue weighted by atomic mass is 35.5. The standard InChI is InChI=1S/C13H17ClFNO2S2/c1-9-8-19-4-3-16(9)20(17,18)13-6-11(7-14)5-12(15)10(13)2/h5-6,9H,3-4,7-8H2,1-2H3. The fourth-order valence-electron chi connectivity index (χ4n) is 2.25. The number of nitrogens with zero attached hydrogens (tertiary/aromatic N) is 1. The topological polar surface area (TPSA) is 37.4 Å². The minimum Gasteiger partial charge on any atom is -0.207 e. The molecule has 1 atom stereocenters. The number of rotatable bonds is 3. The van der Waals surface area contributed by atoms with Crippen molar-refractivity contribution in [2.24, 2.45) is 0 Å². The zero-order valence-electron chi connectivity index (χ0n) is 11.4. The van der Waals surface area contributed by atoms with Gasteiger partial charge in [-0.15, -0.1) is 11.6 Å². The van der Waals surface area contributed by atoms with Gasteiger partial charge in [-0.1, -0.05) is 0 Å². The molecule has 20 heavy (non-hydrogen) atoms. The molecule has 0 saturated carbocycles. The lowest BCUT2D eigenvalue weighted by Crippen LogP contribution is -2.44. The van der Waals surface area contributed by atoms with E-state index in [0.717, 1.165) is 11.5 Å². The second-order valence-corrected chi connectivity index (χ2v) is 8.15. The van der Waals surface area contributed by atoms with E-state index in [1.165, 1.54) is 23.4 Å². The van der Waals surface area contributed by atoms with E-state index in [2.05, 4.69) is 0 Å². The van der Waals surface area contributed by atoms with Gasteiger partial charge in [-0.3, -0.25) is 0 Å². The summed E-state index contributed by atoms with van der Waals surface area (Å²) in [5.74, 6) is 1.09. The summed E-state index contributed by atoms with van der Waals surface area (Å²) in [6, 6.07) is 2.69. The molecule has 1 aromatic carbocycles. The van der Waals surface area contributed by atoms with Crippen LogP contribution in [-0.2, 0) is 15.9 Å². The van der Waals surface area contributed by atoms with E-state index in [1.807, 2.05) is 6.92 Å². The Hall–Kier alpha value is -0.300. The van der Waals surface area contributed by atoms with Crippen molar-refractivity contribution in [3.8, 4) is 0 Å². The lowest BCUT2D eigenvalue weighted by molar-refractivity contribution is 0.367. The molecule has 1 aliphatic heterocycles. The van der Waals surface area contributed by atoms with Crippen molar-refractivity contribution in [3.05, 3.63) is 29.1 Å². The van der Waals surface area contributed by atoms with Gasteiger partial charge in [0.15, 0.2) is 0 Å². The number of halogens is 2. The van der Waals surface area contributed by atoms with Gasteiger partial charge >= 0.3 is 0 Å². The maximum atomic E-state index is 13.9. The summed E-state index contributed by atoms with van der Waals surface area (Å²) in [5, 5.41) is 0. The first-order chi connectivity index (χ1) is 9.37. The van der Waals surface area contributed by atoms with Gasteiger partial charge in [0, 0.05) is 35.5 Å². The number of hydrogen-bond donors (Lipinski definition) is 0. The molecule has 7 heteroatoms. The van der Waals surface area contributed by atoms with Crippen molar-refractivity contribution < 1.29 is 12.8 Å². The third kappa shape index (κ3) is 2.98. The Bertz CT molecular complexity index is 607. The quantitative estimate of drug-likeness (QED) is 0.796. The second kappa shape index (κ2) is 6.22. The molecular weight excluding hydrogens is 321 g/mol. The second-order valence-electron chi connectivity index (χ2n) is 4.87. The highest BCUT2D eigenvalue weighted by molar-refractivity contribution is 7.99. The van der Waals surface area contributed by atoms with Crippen molar-refractivity contribution in [2.75, 3.05) is 18.1 Å². The molecule has 1 aromatic rings. The van der Waals surface area contributed by atoms with Crippen LogP contribution in [0, 0.1) is 12.7 Å². The van der Waals surface area contributed by atoms with Crippen LogP contribution in [0.2, 0.25) is 0 Å². The summed E-state index contributed by atoms with van der Waals surface area (Å²) in [4.78, 5) is 0.0342. The van der Waals surface area contributed by atoms with Crippen LogP contribution in [0.3, 0.4) is 0 Å². The van der Waals surface area contributed by atoms with Crippen LogP contribution in [0.1, 0.15) is 18.1 Å². The average Bonchev–Trinajstić information content (AvgIpc) is 2.41. The summed E-state index contributed by atoms with van der Waals surface area (Å²) in [5.41, 5.74) is 0.636. The first-order valence-electron chi connectivity index (χ1n) is 6.32. The lowest BCUT2D eigenvalue weighted by atomic mass is 10.1. The monoisotopic (exact) mass is 337 g/mol. The number of benzene rings is 1. The molecule has 0 spiro atoms. The van der Waals surface area contributed by atoms with Crippen molar-refractivity contribution in [1.82, 2.24) is 4.31 Å². The molecule has 1 unspecified atom stereocenters. The maximum absolute atomic E-state index is 13.9. The number of alkyl halides is 1. The Labute approximate surface area is 128 Å². The average molecular weight is 338 g/mol. The van der Waals surface area contributed by atoms with Crippen LogP contribution in [0.5, 0.6) is 0 Å². The van der Waals surface area contributed by atoms with Gasteiger partial charge in [0.05, 0.1) is 4.90 Å². The van der Waals surface area contributed by atoms with Gasteiger partial charge in [-0.05, 0) is 31.5 Å². The van der Waals surface area contributed by atoms with Crippen LogP contribution in [0.15, 0.2) is 17.0 Å². The first-order valence-corrected chi connectivity index (χ1v) is 9.45. The highest BCUT2D eigenvalue weighted by Crippen LogP contribution is 2.28. The molecule has 0 radical (unpaired) electrons. The molecule has 0 N–H and O–H groups in total. The molecule has 1 heterocycles. The minimum absolute atomic E-state index is 0.0342. The lowest BCUT2D eigenvalue weighted by Gasteiger charge is -2.32.